The molecular weight excluding hydrogens is 322 g/mol. The van der Waals surface area contributed by atoms with E-state index >= 15 is 0 Å². The highest BCUT2D eigenvalue weighted by molar-refractivity contribution is 6.02. The summed E-state index contributed by atoms with van der Waals surface area (Å²) in [5.74, 6) is 0.230. The molecule has 0 radical (unpaired) electrons. The van der Waals surface area contributed by atoms with E-state index in [-0.39, 0.29) is 24.5 Å². The van der Waals surface area contributed by atoms with E-state index in [4.69, 9.17) is 15.2 Å². The van der Waals surface area contributed by atoms with Crippen LogP contribution in [0.2, 0.25) is 0 Å². The Morgan fingerprint density at radius 1 is 1.48 bits per heavy atom. The lowest BCUT2D eigenvalue weighted by molar-refractivity contribution is -0.166. The lowest BCUT2D eigenvalue weighted by Gasteiger charge is -2.57. The molecule has 2 aliphatic rings. The van der Waals surface area contributed by atoms with Gasteiger partial charge in [0, 0.05) is 31.2 Å². The fraction of sp³-hybridized carbons (Fsp3) is 0.556. The van der Waals surface area contributed by atoms with Crippen LogP contribution in [0.1, 0.15) is 27.2 Å². The molecular formula is C18H25N3O4. The van der Waals surface area contributed by atoms with Crippen LogP contribution >= 0.6 is 0 Å². The minimum absolute atomic E-state index is 0.0219. The molecule has 0 aromatic heterocycles. The lowest BCUT2D eigenvalue weighted by atomic mass is 9.54. The van der Waals surface area contributed by atoms with Crippen LogP contribution in [0.3, 0.4) is 0 Å². The van der Waals surface area contributed by atoms with Crippen LogP contribution in [0.5, 0.6) is 5.75 Å². The zero-order valence-corrected chi connectivity index (χ0v) is 15.1. The molecule has 136 valence electrons. The summed E-state index contributed by atoms with van der Waals surface area (Å²) < 4.78 is 11.1. The van der Waals surface area contributed by atoms with Crippen LogP contribution in [-0.2, 0) is 14.3 Å². The summed E-state index contributed by atoms with van der Waals surface area (Å²) in [6.07, 6.45) is 0.445. The Labute approximate surface area is 147 Å². The number of hydrogen-bond donors (Lipinski definition) is 2. The second kappa shape index (κ2) is 6.00. The van der Waals surface area contributed by atoms with E-state index in [0.29, 0.717) is 30.2 Å². The molecule has 3 N–H and O–H groups in total. The molecule has 1 aromatic carbocycles. The van der Waals surface area contributed by atoms with Gasteiger partial charge >= 0.3 is 0 Å². The van der Waals surface area contributed by atoms with Crippen LogP contribution in [0, 0.1) is 5.41 Å². The van der Waals surface area contributed by atoms with Gasteiger partial charge in [-0.25, -0.2) is 0 Å². The highest BCUT2D eigenvalue weighted by Crippen LogP contribution is 2.50. The molecule has 1 heterocycles. The van der Waals surface area contributed by atoms with E-state index < -0.39 is 11.0 Å². The first-order chi connectivity index (χ1) is 11.7. The second-order valence-corrected chi connectivity index (χ2v) is 7.22. The predicted molar refractivity (Wildman–Crippen MR) is 94.7 cm³/mol. The van der Waals surface area contributed by atoms with E-state index in [1.165, 1.54) is 4.90 Å². The number of anilines is 2. The summed E-state index contributed by atoms with van der Waals surface area (Å²) in [6.45, 7) is 6.44. The minimum atomic E-state index is -0.999. The smallest absolute Gasteiger partial charge is 0.264 e. The summed E-state index contributed by atoms with van der Waals surface area (Å²) in [5.41, 5.74) is 6.14. The maximum Gasteiger partial charge on any atom is 0.264 e. The summed E-state index contributed by atoms with van der Waals surface area (Å²) in [4.78, 5) is 26.1. The number of carbonyl (C=O) groups is 2. The molecule has 2 unspecified atom stereocenters. The Balaban J connectivity index is 1.77. The van der Waals surface area contributed by atoms with Crippen molar-refractivity contribution < 1.29 is 19.1 Å². The summed E-state index contributed by atoms with van der Waals surface area (Å²) in [5, 5.41) is 2.88. The third-order valence-electron chi connectivity index (χ3n) is 5.54. The van der Waals surface area contributed by atoms with Crippen molar-refractivity contribution in [3.63, 3.8) is 0 Å². The zero-order valence-electron chi connectivity index (χ0n) is 15.1. The third kappa shape index (κ3) is 2.67. The fourth-order valence-electron chi connectivity index (χ4n) is 3.41. The van der Waals surface area contributed by atoms with Crippen molar-refractivity contribution in [3.05, 3.63) is 18.2 Å². The van der Waals surface area contributed by atoms with E-state index in [0.717, 1.165) is 0 Å². The molecule has 7 nitrogen and oxygen atoms in total. The van der Waals surface area contributed by atoms with Crippen molar-refractivity contribution in [3.8, 4) is 5.75 Å². The van der Waals surface area contributed by atoms with Gasteiger partial charge in [0.2, 0.25) is 5.91 Å². The highest BCUT2D eigenvalue weighted by atomic mass is 16.5. The molecule has 0 spiro atoms. The zero-order chi connectivity index (χ0) is 18.4. The first-order valence-electron chi connectivity index (χ1n) is 8.46. The van der Waals surface area contributed by atoms with Gasteiger partial charge in [0.05, 0.1) is 11.8 Å². The average Bonchev–Trinajstić information content (AvgIpc) is 2.58. The predicted octanol–water partition coefficient (Wildman–Crippen LogP) is 1.51. The Kier molecular flexibility index (Phi) is 4.25. The lowest BCUT2D eigenvalue weighted by Crippen LogP contribution is -2.74. The summed E-state index contributed by atoms with van der Waals surface area (Å²) >= 11 is 0. The number of carbonyl (C=O) groups excluding carboxylic acids is 2. The maximum absolute atomic E-state index is 12.8. The maximum atomic E-state index is 12.8. The van der Waals surface area contributed by atoms with Crippen molar-refractivity contribution in [1.82, 2.24) is 0 Å². The Bertz CT molecular complexity index is 718. The number of benzene rings is 1. The van der Waals surface area contributed by atoms with Crippen LogP contribution < -0.4 is 20.7 Å². The summed E-state index contributed by atoms with van der Waals surface area (Å²) in [6, 6.07) is 5.21. The molecule has 2 atom stereocenters. The van der Waals surface area contributed by atoms with Gasteiger partial charge in [-0.05, 0) is 25.1 Å². The van der Waals surface area contributed by atoms with Crippen molar-refractivity contribution in [2.24, 2.45) is 11.1 Å². The van der Waals surface area contributed by atoms with Crippen molar-refractivity contribution in [1.29, 1.82) is 0 Å². The number of hydrogen-bond acceptors (Lipinski definition) is 5. The van der Waals surface area contributed by atoms with Gasteiger partial charge in [0.1, 0.15) is 11.3 Å². The van der Waals surface area contributed by atoms with E-state index in [1.54, 1.807) is 25.2 Å². The van der Waals surface area contributed by atoms with Crippen molar-refractivity contribution >= 4 is 23.2 Å². The first kappa shape index (κ1) is 17.7. The Hall–Kier alpha value is -2.12. The Morgan fingerprint density at radius 3 is 2.84 bits per heavy atom. The van der Waals surface area contributed by atoms with E-state index in [9.17, 15) is 9.59 Å². The normalized spacial score (nSPS) is 27.2. The van der Waals surface area contributed by atoms with Gasteiger partial charge in [0.25, 0.3) is 5.91 Å². The average molecular weight is 347 g/mol. The van der Waals surface area contributed by atoms with Gasteiger partial charge < -0.3 is 25.4 Å². The number of likely N-dealkylation sites (N-methyl/N-ethyl adjacent to an activating group) is 1. The van der Waals surface area contributed by atoms with Gasteiger partial charge in [-0.2, -0.15) is 0 Å². The monoisotopic (exact) mass is 347 g/mol. The van der Waals surface area contributed by atoms with Gasteiger partial charge in [-0.15, -0.1) is 0 Å². The van der Waals surface area contributed by atoms with Crippen LogP contribution in [0.25, 0.3) is 0 Å². The molecule has 1 aliphatic carbocycles. The largest absolute Gasteiger partial charge is 0.482 e. The standard InChI is InChI=1S/C18H25N3O4/c1-5-24-14-9-18(19,17(14,2)3)16(23)20-11-6-7-13-12(8-11)21(4)15(22)10-25-13/h6-8,14H,5,9-10,19H2,1-4H3,(H,20,23). The SMILES string of the molecule is CCOC1CC(N)(C(=O)Nc2ccc3c(c2)N(C)C(=O)CO3)C1(C)C. The third-order valence-corrected chi connectivity index (χ3v) is 5.54. The van der Waals surface area contributed by atoms with Gasteiger partial charge in [-0.3, -0.25) is 9.59 Å². The van der Waals surface area contributed by atoms with Crippen LogP contribution in [0.15, 0.2) is 18.2 Å². The number of fused-ring (bicyclic) bond motifs is 1. The highest BCUT2D eigenvalue weighted by Gasteiger charge is 2.62. The number of nitrogens with zero attached hydrogens (tertiary/aromatic N) is 1. The molecule has 1 aromatic rings. The molecule has 1 fully saturated rings. The molecule has 25 heavy (non-hydrogen) atoms. The van der Waals surface area contributed by atoms with E-state index in [2.05, 4.69) is 5.32 Å². The number of rotatable bonds is 4. The fourth-order valence-corrected chi connectivity index (χ4v) is 3.41. The number of ether oxygens (including phenoxy) is 2. The van der Waals surface area contributed by atoms with Crippen molar-refractivity contribution in [2.45, 2.75) is 38.8 Å². The molecule has 2 amide bonds. The quantitative estimate of drug-likeness (QED) is 0.861. The Morgan fingerprint density at radius 2 is 2.20 bits per heavy atom. The molecule has 1 aliphatic heterocycles. The number of nitrogens with two attached hydrogens (primary N) is 1. The minimum Gasteiger partial charge on any atom is -0.482 e. The molecule has 1 saturated carbocycles. The van der Waals surface area contributed by atoms with Crippen molar-refractivity contribution in [2.75, 3.05) is 30.5 Å². The second-order valence-electron chi connectivity index (χ2n) is 7.22. The molecule has 3 rings (SSSR count). The molecule has 7 heteroatoms. The number of amides is 2. The topological polar surface area (TPSA) is 93.9 Å². The van der Waals surface area contributed by atoms with Crippen LogP contribution in [-0.4, -0.2) is 43.7 Å². The summed E-state index contributed by atoms with van der Waals surface area (Å²) in [7, 11) is 1.68. The van der Waals surface area contributed by atoms with Crippen LogP contribution in [0.4, 0.5) is 11.4 Å². The van der Waals surface area contributed by atoms with Gasteiger partial charge in [0.15, 0.2) is 6.61 Å². The van der Waals surface area contributed by atoms with Gasteiger partial charge in [-0.1, -0.05) is 13.8 Å². The first-order valence-corrected chi connectivity index (χ1v) is 8.46. The van der Waals surface area contributed by atoms with E-state index in [1.807, 2.05) is 20.8 Å². The molecule has 0 saturated heterocycles. The molecule has 0 bridgehead atoms. The number of nitrogens with one attached hydrogen (secondary N) is 1.